The second-order valence-corrected chi connectivity index (χ2v) is 9.79. The van der Waals surface area contributed by atoms with Gasteiger partial charge in [0.2, 0.25) is 0 Å². The lowest BCUT2D eigenvalue weighted by atomic mass is 9.86. The van der Waals surface area contributed by atoms with Crippen LogP contribution in [0.25, 0.3) is 16.6 Å². The summed E-state index contributed by atoms with van der Waals surface area (Å²) in [5, 5.41) is 0.988. The molecule has 0 amide bonds. The Morgan fingerprint density at radius 1 is 1.14 bits per heavy atom. The molecule has 0 saturated heterocycles. The minimum absolute atomic E-state index is 0.335. The van der Waals surface area contributed by atoms with Gasteiger partial charge in [-0.3, -0.25) is 0 Å². The number of methoxy groups -OCH3 is 1. The summed E-state index contributed by atoms with van der Waals surface area (Å²) in [6, 6.07) is 11.2. The van der Waals surface area contributed by atoms with Gasteiger partial charge in [-0.1, -0.05) is 37.5 Å². The first-order valence-electron chi connectivity index (χ1n) is 9.99. The van der Waals surface area contributed by atoms with Crippen molar-refractivity contribution in [2.45, 2.75) is 37.0 Å². The predicted molar refractivity (Wildman–Crippen MR) is 116 cm³/mol. The van der Waals surface area contributed by atoms with E-state index in [0.29, 0.717) is 10.8 Å². The second kappa shape index (κ2) is 8.03. The molecule has 1 aromatic carbocycles. The molecule has 0 spiro atoms. The summed E-state index contributed by atoms with van der Waals surface area (Å²) in [5.41, 5.74) is 3.89. The normalized spacial score (nSPS) is 16.3. The molecule has 0 aliphatic heterocycles. The summed E-state index contributed by atoms with van der Waals surface area (Å²) >= 11 is 0. The number of hydrogen-bond acceptors (Lipinski definition) is 4. The third-order valence-corrected chi connectivity index (χ3v) is 6.75. The standard InChI is InChI=1S/C23H26N2O3S/c1-28-19-13-18-14-22(25-23(18)24-15-19)21(12-16-6-4-3-5-7-16)17-8-10-20(11-9-17)29(2,26)27/h8-16H,3-7H2,1-2H3,(H,24,25)/b21-12+. The van der Waals surface area contributed by atoms with Gasteiger partial charge < -0.3 is 9.72 Å². The predicted octanol–water partition coefficient (Wildman–Crippen LogP) is 4.99. The SMILES string of the molecule is COc1cnc2[nH]c(/C(=C/C3CCCCC3)c3ccc(S(C)(=O)=O)cc3)cc2c1. The Morgan fingerprint density at radius 3 is 2.52 bits per heavy atom. The van der Waals surface area contributed by atoms with E-state index in [9.17, 15) is 8.42 Å². The molecule has 1 fully saturated rings. The van der Waals surface area contributed by atoms with Gasteiger partial charge in [-0.2, -0.15) is 0 Å². The van der Waals surface area contributed by atoms with Crippen LogP contribution in [0.5, 0.6) is 5.75 Å². The van der Waals surface area contributed by atoms with Crippen molar-refractivity contribution in [2.75, 3.05) is 13.4 Å². The maximum Gasteiger partial charge on any atom is 0.175 e. The number of aromatic amines is 1. The number of benzene rings is 1. The largest absolute Gasteiger partial charge is 0.495 e. The molecule has 1 N–H and O–H groups in total. The van der Waals surface area contributed by atoms with Crippen LogP contribution in [0.1, 0.15) is 43.4 Å². The van der Waals surface area contributed by atoms with Crippen LogP contribution in [0.2, 0.25) is 0 Å². The van der Waals surface area contributed by atoms with Gasteiger partial charge in [-0.05, 0) is 48.6 Å². The fourth-order valence-electron chi connectivity index (χ4n) is 4.01. The van der Waals surface area contributed by atoms with E-state index in [4.69, 9.17) is 4.74 Å². The first kappa shape index (κ1) is 19.7. The van der Waals surface area contributed by atoms with Crippen LogP contribution in [-0.4, -0.2) is 31.8 Å². The molecular weight excluding hydrogens is 384 g/mol. The van der Waals surface area contributed by atoms with E-state index in [1.54, 1.807) is 25.4 Å². The van der Waals surface area contributed by atoms with E-state index in [-0.39, 0.29) is 0 Å². The Hall–Kier alpha value is -2.60. The summed E-state index contributed by atoms with van der Waals surface area (Å²) in [6.45, 7) is 0. The fourth-order valence-corrected chi connectivity index (χ4v) is 4.64. The number of H-pyrrole nitrogens is 1. The molecule has 0 bridgehead atoms. The molecule has 6 heteroatoms. The van der Waals surface area contributed by atoms with Crippen LogP contribution in [0.4, 0.5) is 0 Å². The van der Waals surface area contributed by atoms with Gasteiger partial charge in [0, 0.05) is 22.9 Å². The number of allylic oxidation sites excluding steroid dienone is 1. The van der Waals surface area contributed by atoms with Gasteiger partial charge in [0.1, 0.15) is 11.4 Å². The summed E-state index contributed by atoms with van der Waals surface area (Å²) in [4.78, 5) is 8.22. The highest BCUT2D eigenvalue weighted by atomic mass is 32.2. The molecule has 1 saturated carbocycles. The molecule has 2 aromatic heterocycles. The van der Waals surface area contributed by atoms with Crippen LogP contribution in [-0.2, 0) is 9.84 Å². The van der Waals surface area contributed by atoms with Crippen LogP contribution in [0.3, 0.4) is 0 Å². The minimum Gasteiger partial charge on any atom is -0.495 e. The molecule has 29 heavy (non-hydrogen) atoms. The summed E-state index contributed by atoms with van der Waals surface area (Å²) in [6.07, 6.45) is 11.5. The number of ether oxygens (including phenoxy) is 1. The smallest absolute Gasteiger partial charge is 0.175 e. The van der Waals surface area contributed by atoms with E-state index < -0.39 is 9.84 Å². The summed E-state index contributed by atoms with van der Waals surface area (Å²) in [7, 11) is -1.58. The van der Waals surface area contributed by atoms with Crippen molar-refractivity contribution in [2.24, 2.45) is 5.92 Å². The van der Waals surface area contributed by atoms with Gasteiger partial charge in [-0.15, -0.1) is 0 Å². The summed E-state index contributed by atoms with van der Waals surface area (Å²) < 4.78 is 29.0. The van der Waals surface area contributed by atoms with Crippen molar-refractivity contribution < 1.29 is 13.2 Å². The minimum atomic E-state index is -3.22. The Labute approximate surface area is 171 Å². The first-order valence-corrected chi connectivity index (χ1v) is 11.9. The summed E-state index contributed by atoms with van der Waals surface area (Å²) in [5.74, 6) is 1.25. The second-order valence-electron chi connectivity index (χ2n) is 7.77. The maximum atomic E-state index is 11.8. The van der Waals surface area contributed by atoms with Crippen molar-refractivity contribution in [3.05, 3.63) is 59.9 Å². The topological polar surface area (TPSA) is 72.0 Å². The molecule has 152 valence electrons. The van der Waals surface area contributed by atoms with E-state index in [0.717, 1.165) is 33.6 Å². The zero-order valence-electron chi connectivity index (χ0n) is 16.8. The highest BCUT2D eigenvalue weighted by Gasteiger charge is 2.17. The number of rotatable bonds is 5. The highest BCUT2D eigenvalue weighted by Crippen LogP contribution is 2.33. The van der Waals surface area contributed by atoms with E-state index in [2.05, 4.69) is 22.1 Å². The average molecular weight is 411 g/mol. The lowest BCUT2D eigenvalue weighted by Crippen LogP contribution is -2.04. The molecule has 0 unspecified atom stereocenters. The number of nitrogens with zero attached hydrogens (tertiary/aromatic N) is 1. The Kier molecular flexibility index (Phi) is 5.46. The Bertz CT molecular complexity index is 1140. The molecule has 4 rings (SSSR count). The van der Waals surface area contributed by atoms with E-state index >= 15 is 0 Å². The van der Waals surface area contributed by atoms with Gasteiger partial charge in [0.05, 0.1) is 18.2 Å². The maximum absolute atomic E-state index is 11.8. The number of fused-ring (bicyclic) bond motifs is 1. The average Bonchev–Trinajstić information content (AvgIpc) is 3.15. The van der Waals surface area contributed by atoms with Gasteiger partial charge in [0.15, 0.2) is 9.84 Å². The van der Waals surface area contributed by atoms with E-state index in [1.807, 2.05) is 18.2 Å². The van der Waals surface area contributed by atoms with Crippen molar-refractivity contribution in [3.63, 3.8) is 0 Å². The highest BCUT2D eigenvalue weighted by molar-refractivity contribution is 7.90. The lowest BCUT2D eigenvalue weighted by molar-refractivity contribution is 0.413. The van der Waals surface area contributed by atoms with Crippen LogP contribution in [0, 0.1) is 5.92 Å². The fraction of sp³-hybridized carbons (Fsp3) is 0.348. The van der Waals surface area contributed by atoms with Crippen LogP contribution < -0.4 is 4.74 Å². The monoisotopic (exact) mass is 410 g/mol. The number of pyridine rings is 1. The Morgan fingerprint density at radius 2 is 1.86 bits per heavy atom. The van der Waals surface area contributed by atoms with Crippen molar-refractivity contribution in [3.8, 4) is 5.75 Å². The molecule has 5 nitrogen and oxygen atoms in total. The number of hydrogen-bond donors (Lipinski definition) is 1. The third-order valence-electron chi connectivity index (χ3n) is 5.62. The number of aromatic nitrogens is 2. The molecule has 0 atom stereocenters. The first-order chi connectivity index (χ1) is 13.9. The molecule has 0 radical (unpaired) electrons. The van der Waals surface area contributed by atoms with Crippen molar-refractivity contribution in [1.29, 1.82) is 0 Å². The Balaban J connectivity index is 1.79. The van der Waals surface area contributed by atoms with Gasteiger partial charge in [-0.25, -0.2) is 13.4 Å². The molecule has 1 aliphatic rings. The zero-order valence-corrected chi connectivity index (χ0v) is 17.6. The van der Waals surface area contributed by atoms with Crippen LogP contribution >= 0.6 is 0 Å². The number of sulfone groups is 1. The van der Waals surface area contributed by atoms with Crippen molar-refractivity contribution >= 4 is 26.4 Å². The molecule has 2 heterocycles. The number of nitrogens with one attached hydrogen (secondary N) is 1. The van der Waals surface area contributed by atoms with Crippen LogP contribution in [0.15, 0.2) is 53.6 Å². The molecular formula is C23H26N2O3S. The van der Waals surface area contributed by atoms with Gasteiger partial charge >= 0.3 is 0 Å². The molecule has 1 aliphatic carbocycles. The van der Waals surface area contributed by atoms with Gasteiger partial charge in [0.25, 0.3) is 0 Å². The van der Waals surface area contributed by atoms with E-state index in [1.165, 1.54) is 38.4 Å². The quantitative estimate of drug-likeness (QED) is 0.643. The molecule has 3 aromatic rings. The zero-order chi connectivity index (χ0) is 20.4. The third kappa shape index (κ3) is 4.37. The lowest BCUT2D eigenvalue weighted by Gasteiger charge is -2.20. The van der Waals surface area contributed by atoms with Crippen molar-refractivity contribution in [1.82, 2.24) is 9.97 Å².